The van der Waals surface area contributed by atoms with Crippen LogP contribution in [0.1, 0.15) is 30.6 Å². The number of hydrogen-bond acceptors (Lipinski definition) is 3. The van der Waals surface area contributed by atoms with E-state index in [4.69, 9.17) is 4.74 Å². The van der Waals surface area contributed by atoms with E-state index in [0.717, 1.165) is 6.20 Å². The van der Waals surface area contributed by atoms with Crippen LogP contribution in [0, 0.1) is 11.8 Å². The second-order valence-corrected chi connectivity index (χ2v) is 4.21. The molecule has 0 aliphatic rings. The highest BCUT2D eigenvalue weighted by molar-refractivity contribution is 5.94. The number of halogens is 2. The zero-order valence-electron chi connectivity index (χ0n) is 11.3. The van der Waals surface area contributed by atoms with E-state index in [2.05, 4.69) is 4.98 Å². The zero-order valence-corrected chi connectivity index (χ0v) is 11.3. The van der Waals surface area contributed by atoms with Crippen LogP contribution in [0.5, 0.6) is 0 Å². The van der Waals surface area contributed by atoms with Gasteiger partial charge in [0.1, 0.15) is 0 Å². The summed E-state index contributed by atoms with van der Waals surface area (Å²) in [5, 5.41) is 0. The summed E-state index contributed by atoms with van der Waals surface area (Å²) in [7, 11) is 1.52. The number of aromatic nitrogens is 1. The van der Waals surface area contributed by atoms with Gasteiger partial charge in [0.25, 0.3) is 5.91 Å². The van der Waals surface area contributed by atoms with Gasteiger partial charge in [-0.3, -0.25) is 4.79 Å². The lowest BCUT2D eigenvalue weighted by Crippen LogP contribution is -2.41. The normalized spacial score (nSPS) is 12.3. The molecular formula is C13H18F2N2O2. The van der Waals surface area contributed by atoms with Gasteiger partial charge in [-0.1, -0.05) is 6.92 Å². The van der Waals surface area contributed by atoms with Gasteiger partial charge in [0, 0.05) is 25.9 Å². The molecule has 0 aliphatic heterocycles. The SMILES string of the molecule is CCC(C)N(CCOC)C(=O)c1ccnc(F)c1F. The van der Waals surface area contributed by atoms with E-state index in [1.165, 1.54) is 18.1 Å². The molecule has 0 bridgehead atoms. The topological polar surface area (TPSA) is 42.4 Å². The summed E-state index contributed by atoms with van der Waals surface area (Å²) in [4.78, 5) is 16.9. The van der Waals surface area contributed by atoms with Crippen LogP contribution in [0.15, 0.2) is 12.3 Å². The van der Waals surface area contributed by atoms with Crippen molar-refractivity contribution in [2.75, 3.05) is 20.3 Å². The van der Waals surface area contributed by atoms with Crippen LogP contribution in [0.2, 0.25) is 0 Å². The molecule has 1 rings (SSSR count). The van der Waals surface area contributed by atoms with Gasteiger partial charge in [-0.15, -0.1) is 0 Å². The van der Waals surface area contributed by atoms with Gasteiger partial charge in [0.05, 0.1) is 12.2 Å². The van der Waals surface area contributed by atoms with E-state index < -0.39 is 17.7 Å². The molecule has 0 radical (unpaired) electrons. The first-order valence-electron chi connectivity index (χ1n) is 6.12. The summed E-state index contributed by atoms with van der Waals surface area (Å²) < 4.78 is 31.6. The van der Waals surface area contributed by atoms with Crippen LogP contribution >= 0.6 is 0 Å². The van der Waals surface area contributed by atoms with Crippen molar-refractivity contribution in [3.8, 4) is 0 Å². The van der Waals surface area contributed by atoms with E-state index >= 15 is 0 Å². The molecule has 0 saturated carbocycles. The third-order valence-corrected chi connectivity index (χ3v) is 3.00. The van der Waals surface area contributed by atoms with Crippen molar-refractivity contribution in [2.24, 2.45) is 0 Å². The number of rotatable bonds is 6. The maximum atomic E-state index is 13.6. The molecule has 0 aromatic carbocycles. The summed E-state index contributed by atoms with van der Waals surface area (Å²) in [6.07, 6.45) is 1.79. The molecule has 6 heteroatoms. The predicted octanol–water partition coefficient (Wildman–Crippen LogP) is 2.25. The van der Waals surface area contributed by atoms with Crippen molar-refractivity contribution >= 4 is 5.91 Å². The zero-order chi connectivity index (χ0) is 14.4. The third kappa shape index (κ3) is 3.70. The van der Waals surface area contributed by atoms with E-state index in [1.54, 1.807) is 0 Å². The van der Waals surface area contributed by atoms with Crippen LogP contribution in [-0.2, 0) is 4.74 Å². The predicted molar refractivity (Wildman–Crippen MR) is 66.8 cm³/mol. The summed E-state index contributed by atoms with van der Waals surface area (Å²) in [5.74, 6) is -3.02. The molecule has 4 nitrogen and oxygen atoms in total. The van der Waals surface area contributed by atoms with Crippen molar-refractivity contribution in [1.29, 1.82) is 0 Å². The van der Waals surface area contributed by atoms with Crippen LogP contribution in [0.3, 0.4) is 0 Å². The minimum absolute atomic E-state index is 0.0849. The van der Waals surface area contributed by atoms with Gasteiger partial charge < -0.3 is 9.64 Å². The van der Waals surface area contributed by atoms with E-state index in [0.29, 0.717) is 19.6 Å². The molecule has 1 aromatic rings. The summed E-state index contributed by atoms with van der Waals surface area (Å²) in [5.41, 5.74) is -0.302. The molecule has 1 amide bonds. The Morgan fingerprint density at radius 2 is 2.21 bits per heavy atom. The lowest BCUT2D eigenvalue weighted by atomic mass is 10.1. The van der Waals surface area contributed by atoms with Crippen molar-refractivity contribution in [1.82, 2.24) is 9.88 Å². The summed E-state index contributed by atoms with van der Waals surface area (Å²) in [6, 6.07) is 1.10. The van der Waals surface area contributed by atoms with Crippen LogP contribution in [0.25, 0.3) is 0 Å². The smallest absolute Gasteiger partial charge is 0.257 e. The van der Waals surface area contributed by atoms with Crippen LogP contribution < -0.4 is 0 Å². The van der Waals surface area contributed by atoms with Crippen LogP contribution in [-0.4, -0.2) is 42.1 Å². The summed E-state index contributed by atoms with van der Waals surface area (Å²) >= 11 is 0. The maximum absolute atomic E-state index is 13.6. The van der Waals surface area contributed by atoms with Gasteiger partial charge in [0.15, 0.2) is 5.82 Å². The van der Waals surface area contributed by atoms with Crippen molar-refractivity contribution < 1.29 is 18.3 Å². The first-order chi connectivity index (χ1) is 9.02. The Morgan fingerprint density at radius 3 is 2.79 bits per heavy atom. The second-order valence-electron chi connectivity index (χ2n) is 4.21. The van der Waals surface area contributed by atoms with Crippen molar-refractivity contribution in [3.05, 3.63) is 29.6 Å². The number of ether oxygens (including phenoxy) is 1. The lowest BCUT2D eigenvalue weighted by molar-refractivity contribution is 0.0608. The van der Waals surface area contributed by atoms with E-state index in [1.807, 2.05) is 13.8 Å². The number of nitrogens with zero attached hydrogens (tertiary/aromatic N) is 2. The minimum Gasteiger partial charge on any atom is -0.383 e. The second kappa shape index (κ2) is 7.13. The number of hydrogen-bond donors (Lipinski definition) is 0. The van der Waals surface area contributed by atoms with E-state index in [9.17, 15) is 13.6 Å². The number of methoxy groups -OCH3 is 1. The average Bonchev–Trinajstić information content (AvgIpc) is 2.41. The number of carbonyl (C=O) groups excluding carboxylic acids is 1. The van der Waals surface area contributed by atoms with Gasteiger partial charge in [-0.05, 0) is 19.4 Å². The molecule has 0 fully saturated rings. The molecule has 1 unspecified atom stereocenters. The Morgan fingerprint density at radius 1 is 1.53 bits per heavy atom. The molecule has 0 N–H and O–H groups in total. The molecule has 19 heavy (non-hydrogen) atoms. The molecule has 1 heterocycles. The average molecular weight is 272 g/mol. The number of carbonyl (C=O) groups is 1. The van der Waals surface area contributed by atoms with Gasteiger partial charge >= 0.3 is 0 Å². The first-order valence-corrected chi connectivity index (χ1v) is 6.12. The fourth-order valence-corrected chi connectivity index (χ4v) is 1.67. The quantitative estimate of drug-likeness (QED) is 0.746. The Labute approximate surface area is 111 Å². The Kier molecular flexibility index (Phi) is 5.82. The van der Waals surface area contributed by atoms with Gasteiger partial charge in [-0.25, -0.2) is 9.37 Å². The molecule has 106 valence electrons. The highest BCUT2D eigenvalue weighted by atomic mass is 19.2. The monoisotopic (exact) mass is 272 g/mol. The number of amides is 1. The highest BCUT2D eigenvalue weighted by Gasteiger charge is 2.24. The van der Waals surface area contributed by atoms with Gasteiger partial charge in [-0.2, -0.15) is 4.39 Å². The van der Waals surface area contributed by atoms with E-state index in [-0.39, 0.29) is 11.6 Å². The van der Waals surface area contributed by atoms with Crippen LogP contribution in [0.4, 0.5) is 8.78 Å². The van der Waals surface area contributed by atoms with Crippen molar-refractivity contribution in [3.63, 3.8) is 0 Å². The third-order valence-electron chi connectivity index (χ3n) is 3.00. The molecule has 1 aromatic heterocycles. The maximum Gasteiger partial charge on any atom is 0.257 e. The molecule has 1 atom stereocenters. The Bertz CT molecular complexity index is 441. The van der Waals surface area contributed by atoms with Crippen molar-refractivity contribution in [2.45, 2.75) is 26.3 Å². The fourth-order valence-electron chi connectivity index (χ4n) is 1.67. The molecular weight excluding hydrogens is 254 g/mol. The molecule has 0 aliphatic carbocycles. The lowest BCUT2D eigenvalue weighted by Gasteiger charge is -2.28. The minimum atomic E-state index is -1.26. The standard InChI is InChI=1S/C13H18F2N2O2/c1-4-9(2)17(7-8-19-3)13(18)10-5-6-16-12(15)11(10)14/h5-6,9H,4,7-8H2,1-3H3. The number of pyridine rings is 1. The Hall–Kier alpha value is -1.56. The largest absolute Gasteiger partial charge is 0.383 e. The highest BCUT2D eigenvalue weighted by Crippen LogP contribution is 2.15. The Balaban J connectivity index is 3.01. The summed E-state index contributed by atoms with van der Waals surface area (Å²) in [6.45, 7) is 4.43. The molecule has 0 spiro atoms. The molecule has 0 saturated heterocycles. The fraction of sp³-hybridized carbons (Fsp3) is 0.538. The van der Waals surface area contributed by atoms with Gasteiger partial charge in [0.2, 0.25) is 5.95 Å². The first kappa shape index (κ1) is 15.5.